The highest BCUT2D eigenvalue weighted by molar-refractivity contribution is 5.92. The van der Waals surface area contributed by atoms with Crippen LogP contribution >= 0.6 is 0 Å². The van der Waals surface area contributed by atoms with Crippen molar-refractivity contribution in [3.05, 3.63) is 54.4 Å². The number of benzene rings is 2. The number of carbonyl (C=O) groups is 1. The van der Waals surface area contributed by atoms with E-state index in [0.717, 1.165) is 55.3 Å². The van der Waals surface area contributed by atoms with Crippen molar-refractivity contribution >= 4 is 22.6 Å². The molecule has 3 aromatic rings. The third kappa shape index (κ3) is 4.59. The number of nitrogens with zero attached hydrogens (tertiary/aromatic N) is 3. The van der Waals surface area contributed by atoms with Crippen LogP contribution in [0.3, 0.4) is 0 Å². The van der Waals surface area contributed by atoms with Gasteiger partial charge >= 0.3 is 0 Å². The number of amides is 1. The fourth-order valence-electron chi connectivity index (χ4n) is 4.09. The average molecular weight is 393 g/mol. The van der Waals surface area contributed by atoms with Crippen molar-refractivity contribution in [1.82, 2.24) is 14.5 Å². The van der Waals surface area contributed by atoms with Crippen molar-refractivity contribution in [2.45, 2.75) is 26.3 Å². The van der Waals surface area contributed by atoms with Gasteiger partial charge in [0, 0.05) is 12.2 Å². The minimum atomic E-state index is 0.0325. The number of aromatic nitrogens is 2. The maximum atomic E-state index is 12.4. The van der Waals surface area contributed by atoms with Crippen LogP contribution in [-0.4, -0.2) is 47.1 Å². The van der Waals surface area contributed by atoms with E-state index in [2.05, 4.69) is 44.9 Å². The van der Waals surface area contributed by atoms with E-state index in [9.17, 15) is 4.79 Å². The second-order valence-corrected chi connectivity index (χ2v) is 7.75. The first-order valence-corrected chi connectivity index (χ1v) is 10.2. The van der Waals surface area contributed by atoms with Crippen LogP contribution in [0.5, 0.6) is 5.75 Å². The molecule has 0 spiro atoms. The van der Waals surface area contributed by atoms with E-state index >= 15 is 0 Å². The number of ether oxygens (including phenoxy) is 1. The van der Waals surface area contributed by atoms with Gasteiger partial charge in [0.25, 0.3) is 0 Å². The fourth-order valence-corrected chi connectivity index (χ4v) is 4.09. The first-order chi connectivity index (χ1) is 14.1. The van der Waals surface area contributed by atoms with Crippen LogP contribution in [-0.2, 0) is 11.3 Å². The summed E-state index contributed by atoms with van der Waals surface area (Å²) in [4.78, 5) is 19.3. The zero-order chi connectivity index (χ0) is 20.2. The van der Waals surface area contributed by atoms with Crippen molar-refractivity contribution in [3.8, 4) is 5.75 Å². The molecular formula is C23H28N4O2. The summed E-state index contributed by atoms with van der Waals surface area (Å²) in [7, 11) is 1.63. The minimum Gasteiger partial charge on any atom is -0.497 e. The molecule has 0 aliphatic carbocycles. The molecule has 1 aromatic heterocycles. The Bertz CT molecular complexity index is 972. The number of imidazole rings is 1. The summed E-state index contributed by atoms with van der Waals surface area (Å²) < 4.78 is 7.49. The first kappa shape index (κ1) is 19.5. The maximum absolute atomic E-state index is 12.4. The van der Waals surface area contributed by atoms with Gasteiger partial charge in [-0.15, -0.1) is 0 Å². The Balaban J connectivity index is 1.27. The number of hydrogen-bond acceptors (Lipinski definition) is 4. The molecule has 0 atom stereocenters. The maximum Gasteiger partial charge on any atom is 0.238 e. The van der Waals surface area contributed by atoms with Crippen LogP contribution in [0, 0.1) is 12.8 Å². The summed E-state index contributed by atoms with van der Waals surface area (Å²) in [6.07, 6.45) is 2.20. The molecule has 0 saturated carbocycles. The minimum absolute atomic E-state index is 0.0325. The van der Waals surface area contributed by atoms with Gasteiger partial charge in [-0.1, -0.05) is 12.1 Å². The summed E-state index contributed by atoms with van der Waals surface area (Å²) in [5.41, 5.74) is 3.08. The van der Waals surface area contributed by atoms with Crippen LogP contribution in [0.25, 0.3) is 11.0 Å². The molecule has 1 N–H and O–H groups in total. The van der Waals surface area contributed by atoms with Gasteiger partial charge in [-0.25, -0.2) is 4.98 Å². The van der Waals surface area contributed by atoms with Crippen molar-refractivity contribution in [2.24, 2.45) is 5.92 Å². The number of methoxy groups -OCH3 is 1. The fraction of sp³-hybridized carbons (Fsp3) is 0.391. The Morgan fingerprint density at radius 2 is 1.86 bits per heavy atom. The third-order valence-corrected chi connectivity index (χ3v) is 5.73. The van der Waals surface area contributed by atoms with Crippen molar-refractivity contribution in [1.29, 1.82) is 0 Å². The van der Waals surface area contributed by atoms with Gasteiger partial charge in [0.2, 0.25) is 5.91 Å². The van der Waals surface area contributed by atoms with Crippen molar-refractivity contribution in [2.75, 3.05) is 32.1 Å². The van der Waals surface area contributed by atoms with Crippen LogP contribution in [0.1, 0.15) is 18.7 Å². The van der Waals surface area contributed by atoms with Crippen molar-refractivity contribution < 1.29 is 9.53 Å². The molecule has 1 amide bonds. The van der Waals surface area contributed by atoms with E-state index in [0.29, 0.717) is 12.5 Å². The number of nitrogens with one attached hydrogen (secondary N) is 1. The van der Waals surface area contributed by atoms with E-state index in [1.807, 2.05) is 30.3 Å². The Kier molecular flexibility index (Phi) is 5.81. The lowest BCUT2D eigenvalue weighted by Crippen LogP contribution is -2.40. The summed E-state index contributed by atoms with van der Waals surface area (Å²) >= 11 is 0. The normalized spacial score (nSPS) is 15.5. The van der Waals surface area contributed by atoms with Crippen LogP contribution in [0.2, 0.25) is 0 Å². The highest BCUT2D eigenvalue weighted by atomic mass is 16.5. The van der Waals surface area contributed by atoms with Gasteiger partial charge in [0.05, 0.1) is 24.7 Å². The Morgan fingerprint density at radius 3 is 2.59 bits per heavy atom. The number of anilines is 1. The van der Waals surface area contributed by atoms with E-state index in [4.69, 9.17) is 4.74 Å². The van der Waals surface area contributed by atoms with E-state index in [1.165, 1.54) is 5.52 Å². The summed E-state index contributed by atoms with van der Waals surface area (Å²) in [5.74, 6) is 2.51. The van der Waals surface area contributed by atoms with Gasteiger partial charge in [-0.3, -0.25) is 9.69 Å². The second kappa shape index (κ2) is 8.66. The van der Waals surface area contributed by atoms with Crippen molar-refractivity contribution in [3.63, 3.8) is 0 Å². The summed E-state index contributed by atoms with van der Waals surface area (Å²) in [5, 5.41) is 2.97. The Labute approximate surface area is 171 Å². The molecule has 6 nitrogen and oxygen atoms in total. The Morgan fingerprint density at radius 1 is 1.14 bits per heavy atom. The molecule has 0 radical (unpaired) electrons. The molecule has 4 rings (SSSR count). The highest BCUT2D eigenvalue weighted by Crippen LogP contribution is 2.23. The van der Waals surface area contributed by atoms with Crippen LogP contribution in [0.15, 0.2) is 48.5 Å². The van der Waals surface area contributed by atoms with Gasteiger partial charge < -0.3 is 14.6 Å². The van der Waals surface area contributed by atoms with Gasteiger partial charge in [-0.05, 0) is 75.2 Å². The number of piperidine rings is 1. The van der Waals surface area contributed by atoms with Gasteiger partial charge in [0.1, 0.15) is 11.6 Å². The molecule has 0 bridgehead atoms. The molecule has 1 aliphatic rings. The summed E-state index contributed by atoms with van der Waals surface area (Å²) in [6, 6.07) is 15.8. The predicted octanol–water partition coefficient (Wildman–Crippen LogP) is 3.70. The molecule has 2 heterocycles. The van der Waals surface area contributed by atoms with E-state index in [1.54, 1.807) is 7.11 Å². The van der Waals surface area contributed by atoms with E-state index < -0.39 is 0 Å². The number of rotatable bonds is 6. The van der Waals surface area contributed by atoms with Crippen LogP contribution in [0.4, 0.5) is 5.69 Å². The molecule has 1 aliphatic heterocycles. The first-order valence-electron chi connectivity index (χ1n) is 10.2. The molecule has 0 unspecified atom stereocenters. The molecule has 1 fully saturated rings. The zero-order valence-electron chi connectivity index (χ0n) is 17.1. The number of fused-ring (bicyclic) bond motifs is 1. The van der Waals surface area contributed by atoms with Gasteiger partial charge in [-0.2, -0.15) is 0 Å². The summed E-state index contributed by atoms with van der Waals surface area (Å²) in [6.45, 7) is 5.42. The number of likely N-dealkylation sites (tertiary alicyclic amines) is 1. The standard InChI is InChI=1S/C23H28N4O2/c1-17-24-21-5-3-4-6-22(21)27(17)15-18-11-13-26(14-12-18)16-23(28)25-19-7-9-20(29-2)10-8-19/h3-10,18H,11-16H2,1-2H3,(H,25,28). The molecule has 29 heavy (non-hydrogen) atoms. The average Bonchev–Trinajstić information content (AvgIpc) is 3.05. The lowest BCUT2D eigenvalue weighted by atomic mass is 9.96. The molecular weight excluding hydrogens is 364 g/mol. The highest BCUT2D eigenvalue weighted by Gasteiger charge is 2.22. The predicted molar refractivity (Wildman–Crippen MR) is 115 cm³/mol. The number of para-hydroxylation sites is 2. The number of aryl methyl sites for hydroxylation is 1. The topological polar surface area (TPSA) is 59.4 Å². The molecule has 2 aromatic carbocycles. The van der Waals surface area contributed by atoms with Crippen LogP contribution < -0.4 is 10.1 Å². The van der Waals surface area contributed by atoms with Gasteiger partial charge in [0.15, 0.2) is 0 Å². The largest absolute Gasteiger partial charge is 0.497 e. The zero-order valence-corrected chi connectivity index (χ0v) is 17.1. The number of hydrogen-bond donors (Lipinski definition) is 1. The molecule has 6 heteroatoms. The third-order valence-electron chi connectivity index (χ3n) is 5.73. The lowest BCUT2D eigenvalue weighted by molar-refractivity contribution is -0.117. The van der Waals surface area contributed by atoms with E-state index in [-0.39, 0.29) is 5.91 Å². The second-order valence-electron chi connectivity index (χ2n) is 7.75. The lowest BCUT2D eigenvalue weighted by Gasteiger charge is -2.31. The monoisotopic (exact) mass is 392 g/mol. The smallest absolute Gasteiger partial charge is 0.238 e. The number of carbonyl (C=O) groups excluding carboxylic acids is 1. The molecule has 152 valence electrons. The SMILES string of the molecule is COc1ccc(NC(=O)CN2CCC(Cn3c(C)nc4ccccc43)CC2)cc1. The molecule has 1 saturated heterocycles. The Hall–Kier alpha value is -2.86. The quantitative estimate of drug-likeness (QED) is 0.695.